The molecule has 3 aliphatic rings. The first-order chi connectivity index (χ1) is 22.4. The van der Waals surface area contributed by atoms with Crippen molar-refractivity contribution in [3.63, 3.8) is 0 Å². The zero-order chi connectivity index (χ0) is 31.6. The number of phenols is 1. The van der Waals surface area contributed by atoms with Crippen LogP contribution in [0.3, 0.4) is 0 Å². The molecule has 4 aromatic rings. The van der Waals surface area contributed by atoms with E-state index in [0.29, 0.717) is 30.6 Å². The van der Waals surface area contributed by atoms with Crippen LogP contribution in [0.25, 0.3) is 0 Å². The lowest BCUT2D eigenvalue weighted by molar-refractivity contribution is -0.134. The number of carbonyl (C=O) groups is 2. The van der Waals surface area contributed by atoms with Gasteiger partial charge in [-0.15, -0.1) is 0 Å². The summed E-state index contributed by atoms with van der Waals surface area (Å²) in [7, 11) is 2.22. The number of rotatable bonds is 7. The second-order valence-corrected chi connectivity index (χ2v) is 13.4. The van der Waals surface area contributed by atoms with Crippen LogP contribution in [0.4, 0.5) is 5.69 Å². The van der Waals surface area contributed by atoms with Gasteiger partial charge in [0, 0.05) is 43.7 Å². The lowest BCUT2D eigenvalue weighted by Crippen LogP contribution is -2.43. The van der Waals surface area contributed by atoms with Crippen LogP contribution < -0.4 is 10.2 Å². The number of anilines is 1. The molecule has 0 aromatic heterocycles. The maximum absolute atomic E-state index is 12.3. The molecular formula is C40H43N3O3. The highest BCUT2D eigenvalue weighted by Gasteiger charge is 2.33. The van der Waals surface area contributed by atoms with Crippen molar-refractivity contribution in [2.45, 2.75) is 68.9 Å². The molecule has 7 rings (SSSR count). The number of nitrogens with zero attached hydrogens (tertiary/aromatic N) is 2. The molecular weight excluding hydrogens is 570 g/mol. The normalized spacial score (nSPS) is 22.0. The van der Waals surface area contributed by atoms with Crippen molar-refractivity contribution in [2.75, 3.05) is 25.0 Å². The minimum Gasteiger partial charge on any atom is -0.508 e. The van der Waals surface area contributed by atoms with Gasteiger partial charge in [0.1, 0.15) is 5.75 Å². The summed E-state index contributed by atoms with van der Waals surface area (Å²) in [6, 6.07) is 35.0. The van der Waals surface area contributed by atoms with E-state index in [-0.39, 0.29) is 23.7 Å². The van der Waals surface area contributed by atoms with Crippen LogP contribution in [0.5, 0.6) is 5.75 Å². The lowest BCUT2D eigenvalue weighted by Gasteiger charge is -2.38. The fourth-order valence-corrected chi connectivity index (χ4v) is 8.02. The van der Waals surface area contributed by atoms with Gasteiger partial charge in [0.25, 0.3) is 0 Å². The monoisotopic (exact) mass is 613 g/mol. The number of amides is 2. The van der Waals surface area contributed by atoms with Crippen LogP contribution in [0.15, 0.2) is 97.1 Å². The Morgan fingerprint density at radius 1 is 0.783 bits per heavy atom. The van der Waals surface area contributed by atoms with Gasteiger partial charge >= 0.3 is 0 Å². The topological polar surface area (TPSA) is 72.9 Å². The maximum atomic E-state index is 12.3. The molecule has 2 amide bonds. The highest BCUT2D eigenvalue weighted by atomic mass is 16.3. The molecule has 3 atom stereocenters. The molecule has 2 saturated heterocycles. The number of phenolic OH excluding ortho intramolecular Hbond substituents is 1. The van der Waals surface area contributed by atoms with Gasteiger partial charge in [-0.2, -0.15) is 0 Å². The van der Waals surface area contributed by atoms with Gasteiger partial charge in [-0.25, -0.2) is 0 Å². The third-order valence-electron chi connectivity index (χ3n) is 10.6. The van der Waals surface area contributed by atoms with E-state index in [1.807, 2.05) is 24.3 Å². The van der Waals surface area contributed by atoms with Crippen LogP contribution >= 0.6 is 0 Å². The molecule has 46 heavy (non-hydrogen) atoms. The van der Waals surface area contributed by atoms with E-state index in [1.54, 1.807) is 0 Å². The van der Waals surface area contributed by atoms with Crippen molar-refractivity contribution < 1.29 is 14.7 Å². The summed E-state index contributed by atoms with van der Waals surface area (Å²) in [5, 5.41) is 12.6. The average Bonchev–Trinajstić information content (AvgIpc) is 3.09. The Morgan fingerprint density at radius 2 is 1.50 bits per heavy atom. The van der Waals surface area contributed by atoms with Gasteiger partial charge in [0.05, 0.1) is 5.92 Å². The first-order valence-corrected chi connectivity index (χ1v) is 16.8. The Balaban J connectivity index is 0.984. The van der Waals surface area contributed by atoms with E-state index in [9.17, 15) is 14.7 Å². The number of carbonyl (C=O) groups excluding carboxylic acids is 2. The number of hydrogen-bond acceptors (Lipinski definition) is 5. The Labute approximate surface area is 272 Å². The average molecular weight is 614 g/mol. The number of benzene rings is 4. The molecule has 2 aliphatic heterocycles. The number of imide groups is 1. The summed E-state index contributed by atoms with van der Waals surface area (Å²) in [4.78, 5) is 28.7. The van der Waals surface area contributed by atoms with Gasteiger partial charge in [-0.1, -0.05) is 72.8 Å². The molecule has 6 nitrogen and oxygen atoms in total. The van der Waals surface area contributed by atoms with E-state index < -0.39 is 0 Å². The largest absolute Gasteiger partial charge is 0.508 e. The molecule has 6 heteroatoms. The van der Waals surface area contributed by atoms with Crippen molar-refractivity contribution in [3.8, 4) is 5.75 Å². The maximum Gasteiger partial charge on any atom is 0.234 e. The molecule has 3 unspecified atom stereocenters. The summed E-state index contributed by atoms with van der Waals surface area (Å²) in [5.41, 5.74) is 8.82. The van der Waals surface area contributed by atoms with E-state index in [2.05, 4.69) is 95.0 Å². The van der Waals surface area contributed by atoms with Gasteiger partial charge in [-0.3, -0.25) is 19.8 Å². The smallest absolute Gasteiger partial charge is 0.234 e. The van der Waals surface area contributed by atoms with Gasteiger partial charge in [0.15, 0.2) is 0 Å². The minimum atomic E-state index is -0.235. The van der Waals surface area contributed by atoms with E-state index in [4.69, 9.17) is 0 Å². The van der Waals surface area contributed by atoms with Crippen molar-refractivity contribution in [1.29, 1.82) is 0 Å². The van der Waals surface area contributed by atoms with Crippen molar-refractivity contribution >= 4 is 17.5 Å². The van der Waals surface area contributed by atoms with Crippen LogP contribution in [-0.4, -0.2) is 48.0 Å². The third-order valence-corrected chi connectivity index (χ3v) is 10.6. The van der Waals surface area contributed by atoms with Gasteiger partial charge in [0.2, 0.25) is 11.8 Å². The SMILES string of the molecule is CN(Cc1ccc(C2CCC(=O)NC2=O)cc1)C1CCN(c2ccc(C3c4ccc(O)cc4CCC3c3ccccc3)cc2)CC1. The number of fused-ring (bicyclic) bond motifs is 1. The Hall–Kier alpha value is -4.42. The number of aryl methyl sites for hydroxylation is 1. The standard InChI is InChI=1S/C40H43N3O3/c1-42(26-27-7-9-29(10-8-27)37-19-20-38(45)41-40(37)46)32-21-23-43(24-22-32)33-14-11-30(12-15-33)39-35(28-5-3-2-4-6-28)17-13-31-25-34(44)16-18-36(31)39/h2-12,14-16,18,25,32,35,37,39,44H,13,17,19-24,26H2,1H3,(H,41,45,46). The van der Waals surface area contributed by atoms with Crippen LogP contribution in [0.1, 0.15) is 83.2 Å². The third kappa shape index (κ3) is 6.32. The molecule has 2 N–H and O–H groups in total. The van der Waals surface area contributed by atoms with E-state index >= 15 is 0 Å². The molecule has 1 aliphatic carbocycles. The molecule has 2 fully saturated rings. The first-order valence-electron chi connectivity index (χ1n) is 16.8. The summed E-state index contributed by atoms with van der Waals surface area (Å²) in [6.07, 6.45) is 5.26. The number of hydrogen-bond donors (Lipinski definition) is 2. The Kier molecular flexibility index (Phi) is 8.63. The number of piperidine rings is 2. The summed E-state index contributed by atoms with van der Waals surface area (Å²) in [6.45, 7) is 2.93. The minimum absolute atomic E-state index is 0.173. The Morgan fingerprint density at radius 3 is 2.22 bits per heavy atom. The van der Waals surface area contributed by atoms with E-state index in [1.165, 1.54) is 33.5 Å². The molecule has 0 spiro atoms. The van der Waals surface area contributed by atoms with Crippen LogP contribution in [0.2, 0.25) is 0 Å². The van der Waals surface area contributed by atoms with Crippen molar-refractivity contribution in [2.24, 2.45) is 0 Å². The predicted octanol–water partition coefficient (Wildman–Crippen LogP) is 6.88. The molecule has 2 heterocycles. The highest BCUT2D eigenvalue weighted by Crippen LogP contribution is 2.47. The van der Waals surface area contributed by atoms with Gasteiger partial charge in [-0.05, 0) is 103 Å². The summed E-state index contributed by atoms with van der Waals surface area (Å²) in [5.74, 6) is 0.429. The van der Waals surface area contributed by atoms with E-state index in [0.717, 1.165) is 50.9 Å². The Bertz CT molecular complexity index is 1680. The molecule has 0 radical (unpaired) electrons. The van der Waals surface area contributed by atoms with Crippen LogP contribution in [-0.2, 0) is 22.6 Å². The molecule has 0 saturated carbocycles. The lowest BCUT2D eigenvalue weighted by atomic mass is 9.69. The predicted molar refractivity (Wildman–Crippen MR) is 182 cm³/mol. The first kappa shape index (κ1) is 30.2. The van der Waals surface area contributed by atoms with Crippen molar-refractivity contribution in [1.82, 2.24) is 10.2 Å². The zero-order valence-corrected chi connectivity index (χ0v) is 26.6. The molecule has 0 bridgehead atoms. The van der Waals surface area contributed by atoms with Crippen molar-refractivity contribution in [3.05, 3.63) is 130 Å². The number of aromatic hydroxyl groups is 1. The zero-order valence-electron chi connectivity index (χ0n) is 26.6. The van der Waals surface area contributed by atoms with Crippen LogP contribution in [0, 0.1) is 0 Å². The van der Waals surface area contributed by atoms with Gasteiger partial charge < -0.3 is 10.0 Å². The molecule has 236 valence electrons. The second-order valence-electron chi connectivity index (χ2n) is 13.4. The number of nitrogens with one attached hydrogen (secondary N) is 1. The summed E-state index contributed by atoms with van der Waals surface area (Å²) < 4.78 is 0. The quantitative estimate of drug-likeness (QED) is 0.223. The highest BCUT2D eigenvalue weighted by molar-refractivity contribution is 6.00. The molecule has 4 aromatic carbocycles. The fourth-order valence-electron chi connectivity index (χ4n) is 8.02. The second kappa shape index (κ2) is 13.1. The summed E-state index contributed by atoms with van der Waals surface area (Å²) >= 11 is 0. The fraction of sp³-hybridized carbons (Fsp3) is 0.350.